The molecule has 0 spiro atoms. The highest BCUT2D eigenvalue weighted by Crippen LogP contribution is 2.40. The van der Waals surface area contributed by atoms with Gasteiger partial charge in [-0.3, -0.25) is 0 Å². The first kappa shape index (κ1) is 21.2. The molecule has 0 aliphatic heterocycles. The second kappa shape index (κ2) is 7.17. The van der Waals surface area contributed by atoms with Gasteiger partial charge < -0.3 is 0 Å². The fraction of sp³-hybridized carbons (Fsp3) is 0.857. The first-order valence-electron chi connectivity index (χ1n) is 7.60. The Hall–Kier alpha value is 1.19. The Balaban J connectivity index is 5.63. The molecular weight excluding hydrogens is 351 g/mol. The van der Waals surface area contributed by atoms with Crippen LogP contribution in [0.4, 0.5) is 0 Å². The maximum atomic E-state index is 5.85. The van der Waals surface area contributed by atoms with Crippen LogP contribution in [0.1, 0.15) is 6.42 Å². The Bertz CT molecular complexity index is 297. The van der Waals surface area contributed by atoms with E-state index in [2.05, 4.69) is 71.1 Å². The maximum absolute atomic E-state index is 5.85. The molecule has 6 heteroatoms. The summed E-state index contributed by atoms with van der Waals surface area (Å²) in [6.45, 7) is 22.5. The van der Waals surface area contributed by atoms with E-state index in [1.165, 1.54) is 6.04 Å². The van der Waals surface area contributed by atoms with Gasteiger partial charge in [-0.05, 0) is 12.5 Å². The van der Waals surface area contributed by atoms with Crippen molar-refractivity contribution in [3.63, 3.8) is 0 Å². The predicted octanol–water partition coefficient (Wildman–Crippen LogP) is 6.44. The van der Waals surface area contributed by atoms with Gasteiger partial charge in [-0.15, -0.1) is 23.2 Å². The normalized spacial score (nSPS) is 15.4. The van der Waals surface area contributed by atoms with Gasteiger partial charge >= 0.3 is 0 Å². The molecule has 0 N–H and O–H groups in total. The Morgan fingerprint density at radius 2 is 1.05 bits per heavy atom. The second-order valence-electron chi connectivity index (χ2n) is 8.96. The molecule has 0 aliphatic carbocycles. The van der Waals surface area contributed by atoms with E-state index in [0.717, 1.165) is 6.42 Å². The smallest absolute Gasteiger partial charge is 0.105 e. The minimum atomic E-state index is -1.23. The van der Waals surface area contributed by atoms with Crippen molar-refractivity contribution < 1.29 is 0 Å². The Labute approximate surface area is 140 Å². The van der Waals surface area contributed by atoms with E-state index in [0.29, 0.717) is 0 Å². The summed E-state index contributed by atoms with van der Waals surface area (Å²) in [5, 5.41) is 0. The fourth-order valence-corrected chi connectivity index (χ4v) is 102. The van der Waals surface area contributed by atoms with E-state index in [1.807, 2.05) is 0 Å². The van der Waals surface area contributed by atoms with Crippen LogP contribution in [0.3, 0.4) is 0 Å². The van der Waals surface area contributed by atoms with Gasteiger partial charge in [0, 0.05) is 29.4 Å². The summed E-state index contributed by atoms with van der Waals surface area (Å²) < 4.78 is 0. The van der Waals surface area contributed by atoms with Crippen molar-refractivity contribution in [1.82, 2.24) is 0 Å². The van der Waals surface area contributed by atoms with Crippen molar-refractivity contribution in [1.29, 1.82) is 0 Å². The maximum Gasteiger partial charge on any atom is 0.111 e. The van der Waals surface area contributed by atoms with Gasteiger partial charge in [0.25, 0.3) is 0 Å². The highest BCUT2D eigenvalue weighted by Gasteiger charge is 2.60. The topological polar surface area (TPSA) is 0 Å². The molecule has 0 radical (unpaired) electrons. The first-order chi connectivity index (χ1) is 8.67. The second-order valence-corrected chi connectivity index (χ2v) is 51.6. The number of alkyl halides is 2. The SMILES string of the molecule is C[Si](C)(C)[Si](C/C=C/CC(Cl)Cl)([Si](C)(C)C)[Si](C)(C)C. The zero-order valence-corrected chi connectivity index (χ0v) is 20.4. The van der Waals surface area contributed by atoms with E-state index >= 15 is 0 Å². The van der Waals surface area contributed by atoms with Crippen molar-refractivity contribution in [2.45, 2.75) is 76.2 Å². The zero-order chi connectivity index (χ0) is 16.4. The Kier molecular flexibility index (Phi) is 7.60. The standard InChI is InChI=1S/C14H34Cl2Si4/c1-17(2,3)20(18(4,5)6,19(7,8)9)13-11-10-12-14(15)16/h10-11,14H,12-13H2,1-9H3/b11-10+. The van der Waals surface area contributed by atoms with Gasteiger partial charge in [0.2, 0.25) is 0 Å². The molecule has 0 aromatic rings. The molecular formula is C14H34Cl2Si4. The van der Waals surface area contributed by atoms with Crippen LogP contribution in [-0.4, -0.2) is 34.2 Å². The molecule has 0 bridgehead atoms. The summed E-state index contributed by atoms with van der Waals surface area (Å²) in [5.74, 6) is 0. The van der Waals surface area contributed by atoms with Crippen LogP contribution in [0.15, 0.2) is 12.2 Å². The molecule has 0 fully saturated rings. The minimum Gasteiger partial charge on any atom is -0.105 e. The molecule has 0 aromatic carbocycles. The van der Waals surface area contributed by atoms with Crippen molar-refractivity contribution in [2.24, 2.45) is 0 Å². The van der Waals surface area contributed by atoms with Crippen molar-refractivity contribution in [2.75, 3.05) is 0 Å². The van der Waals surface area contributed by atoms with Crippen LogP contribution in [0, 0.1) is 0 Å². The summed E-state index contributed by atoms with van der Waals surface area (Å²) in [4.78, 5) is -0.257. The molecule has 0 amide bonds. The fourth-order valence-electron chi connectivity index (χ4n) is 4.75. The number of hydrogen-bond donors (Lipinski definition) is 0. The molecule has 0 saturated carbocycles. The van der Waals surface area contributed by atoms with E-state index in [9.17, 15) is 0 Å². The van der Waals surface area contributed by atoms with Crippen molar-refractivity contribution in [3.05, 3.63) is 12.2 Å². The Morgan fingerprint density at radius 1 is 0.700 bits per heavy atom. The molecule has 0 unspecified atom stereocenters. The molecule has 0 nitrogen and oxygen atoms in total. The highest BCUT2D eigenvalue weighted by atomic mass is 35.5. The van der Waals surface area contributed by atoms with Crippen LogP contribution in [0.5, 0.6) is 0 Å². The van der Waals surface area contributed by atoms with Crippen LogP contribution < -0.4 is 0 Å². The lowest BCUT2D eigenvalue weighted by atomic mass is 10.4. The quantitative estimate of drug-likeness (QED) is 0.269. The summed E-state index contributed by atoms with van der Waals surface area (Å²) in [6.07, 6.45) is 5.46. The highest BCUT2D eigenvalue weighted by molar-refractivity contribution is 7.89. The van der Waals surface area contributed by atoms with Crippen LogP contribution in [0.25, 0.3) is 0 Å². The first-order valence-corrected chi connectivity index (χ1v) is 24.2. The zero-order valence-electron chi connectivity index (χ0n) is 14.9. The average Bonchev–Trinajstić information content (AvgIpc) is 2.09. The van der Waals surface area contributed by atoms with Gasteiger partial charge in [-0.2, -0.15) is 0 Å². The third kappa shape index (κ3) is 4.85. The van der Waals surface area contributed by atoms with Crippen LogP contribution >= 0.6 is 23.2 Å². The number of rotatable bonds is 7. The van der Waals surface area contributed by atoms with E-state index in [4.69, 9.17) is 23.2 Å². The molecule has 0 saturated heterocycles. The van der Waals surface area contributed by atoms with Crippen LogP contribution in [0.2, 0.25) is 65.0 Å². The number of halogens is 2. The number of hydrogen-bond acceptors (Lipinski definition) is 0. The van der Waals surface area contributed by atoms with E-state index < -0.39 is 29.4 Å². The third-order valence-electron chi connectivity index (χ3n) is 4.75. The third-order valence-corrected chi connectivity index (χ3v) is 79.0. The predicted molar refractivity (Wildman–Crippen MR) is 110 cm³/mol. The molecule has 0 aliphatic rings. The monoisotopic (exact) mass is 384 g/mol. The molecule has 0 rings (SSSR count). The number of allylic oxidation sites excluding steroid dienone is 2. The van der Waals surface area contributed by atoms with E-state index in [1.54, 1.807) is 0 Å². The largest absolute Gasteiger partial charge is 0.111 e. The van der Waals surface area contributed by atoms with Gasteiger partial charge in [0.05, 0.1) is 0 Å². The lowest BCUT2D eigenvalue weighted by Gasteiger charge is -2.57. The average molecular weight is 386 g/mol. The molecule has 120 valence electrons. The summed E-state index contributed by atoms with van der Waals surface area (Å²) in [6, 6.07) is 1.37. The van der Waals surface area contributed by atoms with Gasteiger partial charge in [0.1, 0.15) is 4.84 Å². The summed E-state index contributed by atoms with van der Waals surface area (Å²) in [7, 11) is -3.42. The van der Waals surface area contributed by atoms with Gasteiger partial charge in [0.15, 0.2) is 0 Å². The van der Waals surface area contributed by atoms with Crippen molar-refractivity contribution in [3.8, 4) is 0 Å². The van der Waals surface area contributed by atoms with Gasteiger partial charge in [-0.1, -0.05) is 71.1 Å². The van der Waals surface area contributed by atoms with Gasteiger partial charge in [-0.25, -0.2) is 0 Å². The lowest BCUT2D eigenvalue weighted by Crippen LogP contribution is -2.82. The summed E-state index contributed by atoms with van der Waals surface area (Å²) >= 11 is 11.7. The molecule has 0 atom stereocenters. The molecule has 0 aromatic heterocycles. The van der Waals surface area contributed by atoms with Crippen molar-refractivity contribution >= 4 is 52.6 Å². The molecule has 0 heterocycles. The lowest BCUT2D eigenvalue weighted by molar-refractivity contribution is 1.15. The minimum absolute atomic E-state index is 0.257. The van der Waals surface area contributed by atoms with E-state index in [-0.39, 0.29) is 4.84 Å². The Morgan fingerprint density at radius 3 is 1.30 bits per heavy atom. The molecule has 20 heavy (non-hydrogen) atoms. The van der Waals surface area contributed by atoms with Crippen LogP contribution in [-0.2, 0) is 0 Å². The summed E-state index contributed by atoms with van der Waals surface area (Å²) in [5.41, 5.74) is 0.